The van der Waals surface area contributed by atoms with Crippen molar-refractivity contribution in [2.24, 2.45) is 5.92 Å². The maximum atomic E-state index is 12.2. The molecule has 1 aliphatic rings. The Kier molecular flexibility index (Phi) is 5.77. The number of nitrogens with zero attached hydrogens (tertiary/aromatic N) is 1. The number of carbonyl (C=O) groups is 2. The van der Waals surface area contributed by atoms with Crippen LogP contribution in [-0.4, -0.2) is 55.3 Å². The third-order valence-electron chi connectivity index (χ3n) is 3.78. The minimum Gasteiger partial charge on any atom is -0.497 e. The quantitative estimate of drug-likeness (QED) is 0.854. The molecule has 1 saturated heterocycles. The van der Waals surface area contributed by atoms with Crippen molar-refractivity contribution >= 4 is 11.9 Å². The number of carbonyl (C=O) groups excluding carboxylic acids is 1. The van der Waals surface area contributed by atoms with Gasteiger partial charge in [-0.05, 0) is 24.1 Å². The minimum absolute atomic E-state index is 0.0152. The van der Waals surface area contributed by atoms with Crippen molar-refractivity contribution < 1.29 is 24.2 Å². The predicted molar refractivity (Wildman–Crippen MR) is 79.8 cm³/mol. The van der Waals surface area contributed by atoms with Gasteiger partial charge in [0.25, 0.3) is 0 Å². The molecule has 0 bridgehead atoms. The topological polar surface area (TPSA) is 76.1 Å². The Labute approximate surface area is 129 Å². The van der Waals surface area contributed by atoms with E-state index in [0.717, 1.165) is 11.3 Å². The van der Waals surface area contributed by atoms with Crippen molar-refractivity contribution in [2.45, 2.75) is 12.8 Å². The van der Waals surface area contributed by atoms with Gasteiger partial charge in [0.15, 0.2) is 0 Å². The summed E-state index contributed by atoms with van der Waals surface area (Å²) in [5, 5.41) is 9.36. The Bertz CT molecular complexity index is 508. The van der Waals surface area contributed by atoms with Gasteiger partial charge in [0.1, 0.15) is 5.75 Å². The summed E-state index contributed by atoms with van der Waals surface area (Å²) in [4.78, 5) is 25.3. The van der Waals surface area contributed by atoms with Crippen LogP contribution in [0.25, 0.3) is 0 Å². The monoisotopic (exact) mass is 307 g/mol. The molecule has 1 amide bonds. The van der Waals surface area contributed by atoms with Crippen LogP contribution in [0.5, 0.6) is 5.75 Å². The molecule has 6 heteroatoms. The van der Waals surface area contributed by atoms with E-state index in [1.807, 2.05) is 12.1 Å². The molecule has 1 atom stereocenters. The van der Waals surface area contributed by atoms with Crippen LogP contribution in [0.1, 0.15) is 12.0 Å². The predicted octanol–water partition coefficient (Wildman–Crippen LogP) is 1.19. The fourth-order valence-corrected chi connectivity index (χ4v) is 2.45. The first-order chi connectivity index (χ1) is 10.6. The zero-order chi connectivity index (χ0) is 15.9. The van der Waals surface area contributed by atoms with Crippen LogP contribution >= 0.6 is 0 Å². The number of hydrogen-bond acceptors (Lipinski definition) is 4. The number of methoxy groups -OCH3 is 1. The zero-order valence-corrected chi connectivity index (χ0v) is 12.7. The largest absolute Gasteiger partial charge is 0.497 e. The Hall–Kier alpha value is -2.08. The maximum absolute atomic E-state index is 12.2. The molecule has 0 radical (unpaired) electrons. The molecule has 1 aromatic carbocycles. The van der Waals surface area contributed by atoms with E-state index < -0.39 is 11.9 Å². The second kappa shape index (κ2) is 7.79. The summed E-state index contributed by atoms with van der Waals surface area (Å²) in [5.41, 5.74) is 0.878. The number of ether oxygens (including phenoxy) is 2. The summed E-state index contributed by atoms with van der Waals surface area (Å²) in [7, 11) is 1.58. The first-order valence-corrected chi connectivity index (χ1v) is 7.31. The third-order valence-corrected chi connectivity index (χ3v) is 3.78. The molecule has 0 spiro atoms. The van der Waals surface area contributed by atoms with Crippen LogP contribution < -0.4 is 4.74 Å². The molecule has 1 aromatic rings. The van der Waals surface area contributed by atoms with E-state index in [2.05, 4.69) is 0 Å². The van der Waals surface area contributed by atoms with Crippen LogP contribution in [-0.2, 0) is 20.7 Å². The van der Waals surface area contributed by atoms with Gasteiger partial charge >= 0.3 is 5.97 Å². The zero-order valence-electron chi connectivity index (χ0n) is 12.7. The molecule has 0 saturated carbocycles. The molecule has 1 N–H and O–H groups in total. The smallest absolute Gasteiger partial charge is 0.307 e. The maximum Gasteiger partial charge on any atom is 0.307 e. The molecular weight excluding hydrogens is 286 g/mol. The highest BCUT2D eigenvalue weighted by Crippen LogP contribution is 2.18. The van der Waals surface area contributed by atoms with Gasteiger partial charge in [-0.1, -0.05) is 12.1 Å². The number of benzene rings is 1. The first-order valence-electron chi connectivity index (χ1n) is 7.31. The van der Waals surface area contributed by atoms with E-state index in [1.165, 1.54) is 0 Å². The van der Waals surface area contributed by atoms with Gasteiger partial charge in [-0.3, -0.25) is 9.59 Å². The van der Waals surface area contributed by atoms with Crippen LogP contribution in [0, 0.1) is 5.92 Å². The van der Waals surface area contributed by atoms with E-state index in [9.17, 15) is 14.7 Å². The molecule has 1 aliphatic heterocycles. The molecule has 1 heterocycles. The molecule has 6 nitrogen and oxygen atoms in total. The second-order valence-electron chi connectivity index (χ2n) is 5.28. The Morgan fingerprint density at radius 2 is 1.91 bits per heavy atom. The number of carboxylic acids is 1. The summed E-state index contributed by atoms with van der Waals surface area (Å²) >= 11 is 0. The van der Waals surface area contributed by atoms with Crippen molar-refractivity contribution in [3.05, 3.63) is 29.8 Å². The fourth-order valence-electron chi connectivity index (χ4n) is 2.45. The van der Waals surface area contributed by atoms with Crippen molar-refractivity contribution in [1.29, 1.82) is 0 Å². The summed E-state index contributed by atoms with van der Waals surface area (Å²) < 4.78 is 10.3. The highest BCUT2D eigenvalue weighted by atomic mass is 16.5. The molecule has 1 fully saturated rings. The van der Waals surface area contributed by atoms with Gasteiger partial charge in [-0.15, -0.1) is 0 Å². The van der Waals surface area contributed by atoms with Crippen LogP contribution in [0.3, 0.4) is 0 Å². The van der Waals surface area contributed by atoms with Crippen molar-refractivity contribution in [1.82, 2.24) is 4.90 Å². The standard InChI is InChI=1S/C16H21NO5/c1-21-14-4-2-12(3-5-14)10-13(16(19)20)11-15(18)17-6-8-22-9-7-17/h2-5,13H,6-11H2,1H3,(H,19,20). The number of amides is 1. The van der Waals surface area contributed by atoms with E-state index in [1.54, 1.807) is 24.1 Å². The average Bonchev–Trinajstić information content (AvgIpc) is 2.55. The van der Waals surface area contributed by atoms with E-state index >= 15 is 0 Å². The second-order valence-corrected chi connectivity index (χ2v) is 5.28. The number of rotatable bonds is 6. The molecule has 120 valence electrons. The number of morpholine rings is 1. The van der Waals surface area contributed by atoms with Crippen LogP contribution in [0.15, 0.2) is 24.3 Å². The fraction of sp³-hybridized carbons (Fsp3) is 0.500. The SMILES string of the molecule is COc1ccc(CC(CC(=O)N2CCOCC2)C(=O)O)cc1. The summed E-state index contributed by atoms with van der Waals surface area (Å²) in [6.45, 7) is 2.10. The third kappa shape index (κ3) is 4.46. The number of hydrogen-bond donors (Lipinski definition) is 1. The molecule has 2 rings (SSSR count). The highest BCUT2D eigenvalue weighted by molar-refractivity contribution is 5.82. The highest BCUT2D eigenvalue weighted by Gasteiger charge is 2.25. The average molecular weight is 307 g/mol. The van der Waals surface area contributed by atoms with E-state index in [0.29, 0.717) is 32.7 Å². The molecule has 0 aliphatic carbocycles. The lowest BCUT2D eigenvalue weighted by molar-refractivity contribution is -0.147. The van der Waals surface area contributed by atoms with Gasteiger partial charge in [0.05, 0.1) is 26.2 Å². The van der Waals surface area contributed by atoms with Gasteiger partial charge < -0.3 is 19.5 Å². The van der Waals surface area contributed by atoms with Gasteiger partial charge in [-0.25, -0.2) is 0 Å². The van der Waals surface area contributed by atoms with Gasteiger partial charge in [0, 0.05) is 19.5 Å². The summed E-state index contributed by atoms with van der Waals surface area (Å²) in [6, 6.07) is 7.23. The molecular formula is C16H21NO5. The number of aliphatic carboxylic acids is 1. The van der Waals surface area contributed by atoms with Crippen LogP contribution in [0.4, 0.5) is 0 Å². The van der Waals surface area contributed by atoms with Crippen LogP contribution in [0.2, 0.25) is 0 Å². The number of carboxylic acid groups (broad SMARTS) is 1. The lowest BCUT2D eigenvalue weighted by atomic mass is 9.95. The Morgan fingerprint density at radius 1 is 1.27 bits per heavy atom. The Morgan fingerprint density at radius 3 is 2.45 bits per heavy atom. The molecule has 1 unspecified atom stereocenters. The van der Waals surface area contributed by atoms with E-state index in [4.69, 9.17) is 9.47 Å². The Balaban J connectivity index is 1.96. The van der Waals surface area contributed by atoms with Crippen molar-refractivity contribution in [2.75, 3.05) is 33.4 Å². The normalized spacial score (nSPS) is 16.1. The lowest BCUT2D eigenvalue weighted by Gasteiger charge is -2.27. The first kappa shape index (κ1) is 16.3. The van der Waals surface area contributed by atoms with Gasteiger partial charge in [-0.2, -0.15) is 0 Å². The molecule has 0 aromatic heterocycles. The van der Waals surface area contributed by atoms with Crippen molar-refractivity contribution in [3.8, 4) is 5.75 Å². The summed E-state index contributed by atoms with van der Waals surface area (Å²) in [6.07, 6.45) is 0.344. The summed E-state index contributed by atoms with van der Waals surface area (Å²) in [5.74, 6) is -1.06. The lowest BCUT2D eigenvalue weighted by Crippen LogP contribution is -2.42. The molecule has 22 heavy (non-hydrogen) atoms. The minimum atomic E-state index is -0.947. The van der Waals surface area contributed by atoms with Gasteiger partial charge in [0.2, 0.25) is 5.91 Å². The van der Waals surface area contributed by atoms with E-state index in [-0.39, 0.29) is 12.3 Å². The van der Waals surface area contributed by atoms with Crippen molar-refractivity contribution in [3.63, 3.8) is 0 Å².